The van der Waals surface area contributed by atoms with E-state index in [9.17, 15) is 4.79 Å². The van der Waals surface area contributed by atoms with E-state index in [1.54, 1.807) is 23.9 Å². The molecule has 0 unspecified atom stereocenters. The second-order valence-electron chi connectivity index (χ2n) is 3.02. The average Bonchev–Trinajstić information content (AvgIpc) is 2.65. The summed E-state index contributed by atoms with van der Waals surface area (Å²) in [5.41, 5.74) is 0. The van der Waals surface area contributed by atoms with E-state index >= 15 is 0 Å². The van der Waals surface area contributed by atoms with Gasteiger partial charge in [0.25, 0.3) is 0 Å². The van der Waals surface area contributed by atoms with Crippen LogP contribution in [0.4, 0.5) is 4.79 Å². The largest absolute Gasteiger partial charge is 0.331 e. The van der Waals surface area contributed by atoms with Gasteiger partial charge in [0.05, 0.1) is 0 Å². The molecule has 0 N–H and O–H groups in total. The summed E-state index contributed by atoms with van der Waals surface area (Å²) in [7, 11) is 5.42. The van der Waals surface area contributed by atoms with Gasteiger partial charge in [-0.1, -0.05) is 0 Å². The fraction of sp³-hybridized carbons (Fsp3) is 0.857. The molecule has 1 rings (SSSR count). The fourth-order valence-corrected chi connectivity index (χ4v) is 0.933. The van der Waals surface area contributed by atoms with Crippen LogP contribution >= 0.6 is 0 Å². The molecule has 0 aliphatic heterocycles. The second-order valence-corrected chi connectivity index (χ2v) is 3.02. The molecule has 3 nitrogen and oxygen atoms in total. The first-order valence-corrected chi connectivity index (χ1v) is 3.57. The topological polar surface area (TPSA) is 23.6 Å². The number of amides is 2. The highest BCUT2D eigenvalue weighted by Gasteiger charge is 2.29. The standard InChI is InChI=1S/C7H14N2O/c1-8(2)7(10)9(3)6-4-5-6/h6H,4-5H2,1-3H3. The lowest BCUT2D eigenvalue weighted by Gasteiger charge is -2.20. The summed E-state index contributed by atoms with van der Waals surface area (Å²) < 4.78 is 0. The van der Waals surface area contributed by atoms with Crippen molar-refractivity contribution in [2.45, 2.75) is 18.9 Å². The highest BCUT2D eigenvalue weighted by atomic mass is 16.2. The normalized spacial score (nSPS) is 16.7. The van der Waals surface area contributed by atoms with Crippen LogP contribution in [-0.4, -0.2) is 43.0 Å². The van der Waals surface area contributed by atoms with Gasteiger partial charge in [0.2, 0.25) is 0 Å². The van der Waals surface area contributed by atoms with Crippen molar-refractivity contribution in [3.63, 3.8) is 0 Å². The SMILES string of the molecule is CN(C)C(=O)N(C)C1CC1. The summed E-state index contributed by atoms with van der Waals surface area (Å²) >= 11 is 0. The third-order valence-corrected chi connectivity index (χ3v) is 1.78. The van der Waals surface area contributed by atoms with Crippen LogP contribution in [0.15, 0.2) is 0 Å². The minimum Gasteiger partial charge on any atom is -0.331 e. The molecular weight excluding hydrogens is 128 g/mol. The Morgan fingerprint density at radius 1 is 1.30 bits per heavy atom. The van der Waals surface area contributed by atoms with Gasteiger partial charge in [-0.2, -0.15) is 0 Å². The van der Waals surface area contributed by atoms with Gasteiger partial charge in [-0.15, -0.1) is 0 Å². The molecular formula is C7H14N2O. The van der Waals surface area contributed by atoms with Crippen molar-refractivity contribution in [2.24, 2.45) is 0 Å². The Bertz CT molecular complexity index is 141. The molecule has 1 aliphatic rings. The van der Waals surface area contributed by atoms with Crippen LogP contribution in [0.2, 0.25) is 0 Å². The summed E-state index contributed by atoms with van der Waals surface area (Å²) in [4.78, 5) is 14.6. The monoisotopic (exact) mass is 142 g/mol. The lowest BCUT2D eigenvalue weighted by Crippen LogP contribution is -2.37. The molecule has 10 heavy (non-hydrogen) atoms. The Morgan fingerprint density at radius 3 is 2.10 bits per heavy atom. The molecule has 0 aromatic heterocycles. The zero-order valence-electron chi connectivity index (χ0n) is 6.79. The predicted octanol–water partition coefficient (Wildman–Crippen LogP) is 0.762. The summed E-state index contributed by atoms with van der Waals surface area (Å²) in [5.74, 6) is 0. The van der Waals surface area contributed by atoms with Gasteiger partial charge >= 0.3 is 6.03 Å². The van der Waals surface area contributed by atoms with E-state index in [0.29, 0.717) is 6.04 Å². The van der Waals surface area contributed by atoms with E-state index in [-0.39, 0.29) is 6.03 Å². The van der Waals surface area contributed by atoms with E-state index in [1.807, 2.05) is 7.05 Å². The third kappa shape index (κ3) is 1.40. The third-order valence-electron chi connectivity index (χ3n) is 1.78. The molecule has 0 radical (unpaired) electrons. The number of hydrogen-bond donors (Lipinski definition) is 0. The zero-order chi connectivity index (χ0) is 7.72. The maximum atomic E-state index is 11.2. The molecule has 0 aromatic rings. The van der Waals surface area contributed by atoms with Crippen molar-refractivity contribution in [3.8, 4) is 0 Å². The average molecular weight is 142 g/mol. The number of rotatable bonds is 1. The number of carbonyl (C=O) groups excluding carboxylic acids is 1. The smallest absolute Gasteiger partial charge is 0.319 e. The summed E-state index contributed by atoms with van der Waals surface area (Å²) in [6.07, 6.45) is 2.35. The quantitative estimate of drug-likeness (QED) is 0.530. The van der Waals surface area contributed by atoms with E-state index in [0.717, 1.165) is 0 Å². The van der Waals surface area contributed by atoms with Gasteiger partial charge in [-0.3, -0.25) is 0 Å². The maximum Gasteiger partial charge on any atom is 0.319 e. The molecule has 0 bridgehead atoms. The van der Waals surface area contributed by atoms with Crippen LogP contribution < -0.4 is 0 Å². The van der Waals surface area contributed by atoms with Gasteiger partial charge in [0, 0.05) is 27.2 Å². The summed E-state index contributed by atoms with van der Waals surface area (Å²) in [6, 6.07) is 0.636. The van der Waals surface area contributed by atoms with Gasteiger partial charge in [0.1, 0.15) is 0 Å². The van der Waals surface area contributed by atoms with Gasteiger partial charge in [-0.05, 0) is 12.8 Å². The van der Waals surface area contributed by atoms with Crippen molar-refractivity contribution < 1.29 is 4.79 Å². The molecule has 2 amide bonds. The molecule has 0 heterocycles. The number of hydrogen-bond acceptors (Lipinski definition) is 1. The summed E-state index contributed by atoms with van der Waals surface area (Å²) in [5, 5.41) is 0. The first kappa shape index (κ1) is 7.38. The first-order chi connectivity index (χ1) is 4.63. The van der Waals surface area contributed by atoms with Gasteiger partial charge in [-0.25, -0.2) is 4.79 Å². The molecule has 3 heteroatoms. The van der Waals surface area contributed by atoms with Crippen LogP contribution in [0.1, 0.15) is 12.8 Å². The van der Waals surface area contributed by atoms with E-state index in [1.165, 1.54) is 12.8 Å². The van der Waals surface area contributed by atoms with Crippen molar-refractivity contribution >= 4 is 6.03 Å². The molecule has 0 saturated heterocycles. The lowest BCUT2D eigenvalue weighted by atomic mass is 10.6. The van der Waals surface area contributed by atoms with Gasteiger partial charge < -0.3 is 9.80 Å². The second kappa shape index (κ2) is 2.48. The molecule has 0 spiro atoms. The Morgan fingerprint density at radius 2 is 1.80 bits per heavy atom. The van der Waals surface area contributed by atoms with Crippen molar-refractivity contribution in [1.29, 1.82) is 0 Å². The molecule has 1 aliphatic carbocycles. The minimum atomic E-state index is 0.113. The highest BCUT2D eigenvalue weighted by molar-refractivity contribution is 5.74. The van der Waals surface area contributed by atoms with E-state index < -0.39 is 0 Å². The molecule has 0 atom stereocenters. The van der Waals surface area contributed by atoms with Crippen LogP contribution in [0, 0.1) is 0 Å². The molecule has 1 saturated carbocycles. The Labute approximate surface area is 61.6 Å². The molecule has 0 aromatic carbocycles. The Balaban J connectivity index is 2.38. The van der Waals surface area contributed by atoms with Crippen molar-refractivity contribution in [3.05, 3.63) is 0 Å². The van der Waals surface area contributed by atoms with Crippen molar-refractivity contribution in [2.75, 3.05) is 21.1 Å². The van der Waals surface area contributed by atoms with E-state index in [4.69, 9.17) is 0 Å². The summed E-state index contributed by atoms with van der Waals surface area (Å²) in [6.45, 7) is 0. The van der Waals surface area contributed by atoms with Crippen LogP contribution in [0.5, 0.6) is 0 Å². The van der Waals surface area contributed by atoms with Crippen molar-refractivity contribution in [1.82, 2.24) is 9.80 Å². The zero-order valence-corrected chi connectivity index (χ0v) is 6.79. The molecule has 58 valence electrons. The van der Waals surface area contributed by atoms with Gasteiger partial charge in [0.15, 0.2) is 0 Å². The predicted molar refractivity (Wildman–Crippen MR) is 39.9 cm³/mol. The van der Waals surface area contributed by atoms with Crippen LogP contribution in [0.25, 0.3) is 0 Å². The highest BCUT2D eigenvalue weighted by Crippen LogP contribution is 2.25. The number of carbonyl (C=O) groups is 1. The fourth-order valence-electron chi connectivity index (χ4n) is 0.933. The minimum absolute atomic E-state index is 0.113. The Hall–Kier alpha value is -0.730. The van der Waals surface area contributed by atoms with Crippen LogP contribution in [0.3, 0.4) is 0 Å². The number of urea groups is 1. The lowest BCUT2D eigenvalue weighted by molar-refractivity contribution is 0.179. The van der Waals surface area contributed by atoms with Crippen LogP contribution in [-0.2, 0) is 0 Å². The van der Waals surface area contributed by atoms with E-state index in [2.05, 4.69) is 0 Å². The first-order valence-electron chi connectivity index (χ1n) is 3.57. The number of nitrogens with zero attached hydrogens (tertiary/aromatic N) is 2. The maximum absolute atomic E-state index is 11.2. The molecule has 1 fully saturated rings. The Kier molecular flexibility index (Phi) is 1.83.